The van der Waals surface area contributed by atoms with Gasteiger partial charge in [0.1, 0.15) is 0 Å². The van der Waals surface area contributed by atoms with Gasteiger partial charge in [0, 0.05) is 21.2 Å². The Balaban J connectivity index is 1.77. The quantitative estimate of drug-likeness (QED) is 0.357. The Labute approximate surface area is 134 Å². The molecule has 3 unspecified atom stereocenters. The van der Waals surface area contributed by atoms with E-state index in [1.165, 1.54) is 43.5 Å². The molecule has 0 aromatic rings. The smallest absolute Gasteiger partial charge is 0.0585 e. The predicted octanol–water partition coefficient (Wildman–Crippen LogP) is 4.89. The van der Waals surface area contributed by atoms with Crippen LogP contribution in [0.4, 0.5) is 0 Å². The van der Waals surface area contributed by atoms with Gasteiger partial charge in [-0.25, -0.2) is 0 Å². The van der Waals surface area contributed by atoms with Gasteiger partial charge >= 0.3 is 0 Å². The number of nitrogens with zero attached hydrogens (tertiary/aromatic N) is 1. The van der Waals surface area contributed by atoms with Gasteiger partial charge in [-0.2, -0.15) is 0 Å². The molecular formula is C18H20IN. The number of hydrogen-bond acceptors (Lipinski definition) is 1. The predicted molar refractivity (Wildman–Crippen MR) is 92.5 cm³/mol. The zero-order valence-corrected chi connectivity index (χ0v) is 13.8. The maximum atomic E-state index is 2.64. The number of halogens is 1. The molecule has 104 valence electrons. The van der Waals surface area contributed by atoms with E-state index in [4.69, 9.17) is 0 Å². The maximum Gasteiger partial charge on any atom is 0.0585 e. The van der Waals surface area contributed by atoms with Crippen molar-refractivity contribution in [2.45, 2.75) is 42.1 Å². The van der Waals surface area contributed by atoms with Gasteiger partial charge in [0.25, 0.3) is 0 Å². The first-order valence-electron chi connectivity index (χ1n) is 7.71. The number of alkyl halides is 1. The van der Waals surface area contributed by atoms with Gasteiger partial charge < -0.3 is 4.90 Å². The van der Waals surface area contributed by atoms with E-state index >= 15 is 0 Å². The summed E-state index contributed by atoms with van der Waals surface area (Å²) in [4.78, 5) is 2.64. The van der Waals surface area contributed by atoms with Crippen LogP contribution in [0.2, 0.25) is 0 Å². The molecule has 0 aromatic carbocycles. The molecule has 2 heteroatoms. The van der Waals surface area contributed by atoms with E-state index in [0.29, 0.717) is 9.97 Å². The molecule has 0 saturated heterocycles. The van der Waals surface area contributed by atoms with Crippen molar-refractivity contribution in [1.82, 2.24) is 4.90 Å². The second-order valence-electron chi connectivity index (χ2n) is 6.09. The lowest BCUT2D eigenvalue weighted by Crippen LogP contribution is -2.33. The largest absolute Gasteiger partial charge is 0.338 e. The molecule has 0 fully saturated rings. The average Bonchev–Trinajstić information content (AvgIpc) is 2.82. The molecule has 1 heterocycles. The fourth-order valence-electron chi connectivity index (χ4n) is 4.02. The lowest BCUT2D eigenvalue weighted by atomic mass is 9.83. The fraction of sp³-hybridized carbons (Fsp3) is 0.444. The Hall–Kier alpha value is -0.770. The summed E-state index contributed by atoms with van der Waals surface area (Å²) < 4.78 is 0.679. The molecule has 3 aliphatic carbocycles. The fourth-order valence-corrected chi connectivity index (χ4v) is 4.70. The molecule has 0 aromatic heterocycles. The highest BCUT2D eigenvalue weighted by Crippen LogP contribution is 2.47. The average molecular weight is 377 g/mol. The van der Waals surface area contributed by atoms with Crippen molar-refractivity contribution < 1.29 is 0 Å². The molecule has 3 atom stereocenters. The highest BCUT2D eigenvalue weighted by molar-refractivity contribution is 14.1. The van der Waals surface area contributed by atoms with Crippen LogP contribution in [-0.2, 0) is 0 Å². The summed E-state index contributed by atoms with van der Waals surface area (Å²) in [5.74, 6) is 0.754. The molecule has 0 amide bonds. The van der Waals surface area contributed by atoms with Crippen molar-refractivity contribution in [3.8, 4) is 0 Å². The second-order valence-corrected chi connectivity index (χ2v) is 7.69. The summed E-state index contributed by atoms with van der Waals surface area (Å²) in [5, 5.41) is 0. The summed E-state index contributed by atoms with van der Waals surface area (Å²) in [6.45, 7) is 0. The number of rotatable bonds is 1. The highest BCUT2D eigenvalue weighted by atomic mass is 127. The summed E-state index contributed by atoms with van der Waals surface area (Å²) in [6.07, 6.45) is 22.7. The van der Waals surface area contributed by atoms with E-state index in [1.54, 1.807) is 5.57 Å². The normalized spacial score (nSPS) is 35.1. The summed E-state index contributed by atoms with van der Waals surface area (Å²) in [6, 6.07) is 0.581. The van der Waals surface area contributed by atoms with Crippen molar-refractivity contribution in [1.29, 1.82) is 0 Å². The molecular weight excluding hydrogens is 357 g/mol. The number of hydrogen-bond donors (Lipinski definition) is 0. The zero-order chi connectivity index (χ0) is 13.5. The van der Waals surface area contributed by atoms with Crippen LogP contribution < -0.4 is 0 Å². The van der Waals surface area contributed by atoms with Crippen LogP contribution >= 0.6 is 22.6 Å². The Morgan fingerprint density at radius 2 is 2.10 bits per heavy atom. The molecule has 0 N–H and O–H groups in total. The van der Waals surface area contributed by atoms with Crippen LogP contribution in [0.3, 0.4) is 0 Å². The number of fused-ring (bicyclic) bond motifs is 2. The Morgan fingerprint density at radius 1 is 1.15 bits per heavy atom. The van der Waals surface area contributed by atoms with Crippen LogP contribution in [0.15, 0.2) is 59.5 Å². The Kier molecular flexibility index (Phi) is 3.37. The SMILES string of the molecule is IC1C=CC2=C(C1)C1CCC=CC1N2C1=CC=CCC1. The molecule has 0 saturated carbocycles. The van der Waals surface area contributed by atoms with E-state index in [9.17, 15) is 0 Å². The summed E-state index contributed by atoms with van der Waals surface area (Å²) >= 11 is 2.57. The molecule has 0 spiro atoms. The minimum Gasteiger partial charge on any atom is -0.338 e. The Morgan fingerprint density at radius 3 is 2.95 bits per heavy atom. The van der Waals surface area contributed by atoms with Crippen molar-refractivity contribution in [3.63, 3.8) is 0 Å². The van der Waals surface area contributed by atoms with Gasteiger partial charge in [0.05, 0.1) is 6.04 Å². The molecule has 20 heavy (non-hydrogen) atoms. The lowest BCUT2D eigenvalue weighted by Gasteiger charge is -2.34. The maximum absolute atomic E-state index is 2.64. The first-order chi connectivity index (χ1) is 9.84. The molecule has 0 radical (unpaired) electrons. The standard InChI is InChI=1S/C18H20IN/c19-13-10-11-18-16(12-13)15-8-4-5-9-17(15)20(18)14-6-2-1-3-7-14/h1-2,5-6,9-11,13,15,17H,3-4,7-8,12H2. The zero-order valence-electron chi connectivity index (χ0n) is 11.6. The van der Waals surface area contributed by atoms with E-state index in [-0.39, 0.29) is 0 Å². The monoisotopic (exact) mass is 377 g/mol. The van der Waals surface area contributed by atoms with Crippen molar-refractivity contribution in [2.75, 3.05) is 0 Å². The van der Waals surface area contributed by atoms with Crippen molar-refractivity contribution in [2.24, 2.45) is 5.92 Å². The van der Waals surface area contributed by atoms with Crippen molar-refractivity contribution >= 4 is 22.6 Å². The third-order valence-electron chi connectivity index (χ3n) is 4.90. The van der Waals surface area contributed by atoms with E-state index in [1.807, 2.05) is 0 Å². The molecule has 4 rings (SSSR count). The highest BCUT2D eigenvalue weighted by Gasteiger charge is 2.41. The van der Waals surface area contributed by atoms with E-state index in [0.717, 1.165) is 5.92 Å². The lowest BCUT2D eigenvalue weighted by molar-refractivity contribution is 0.317. The minimum atomic E-state index is 0.581. The van der Waals surface area contributed by atoms with Gasteiger partial charge in [-0.3, -0.25) is 0 Å². The first kappa shape index (κ1) is 12.9. The second kappa shape index (κ2) is 5.21. The van der Waals surface area contributed by atoms with E-state index < -0.39 is 0 Å². The van der Waals surface area contributed by atoms with Crippen LogP contribution in [0.1, 0.15) is 32.1 Å². The minimum absolute atomic E-state index is 0.581. The Bertz CT molecular complexity index is 564. The number of allylic oxidation sites excluding steroid dienone is 7. The summed E-state index contributed by atoms with van der Waals surface area (Å²) in [7, 11) is 0. The third kappa shape index (κ3) is 2.03. The molecule has 4 aliphatic rings. The topological polar surface area (TPSA) is 3.24 Å². The molecule has 1 aliphatic heterocycles. The first-order valence-corrected chi connectivity index (χ1v) is 8.96. The molecule has 0 bridgehead atoms. The van der Waals surface area contributed by atoms with Gasteiger partial charge in [0.2, 0.25) is 0 Å². The van der Waals surface area contributed by atoms with E-state index in [2.05, 4.69) is 70.0 Å². The van der Waals surface area contributed by atoms with Gasteiger partial charge in [0.15, 0.2) is 0 Å². The van der Waals surface area contributed by atoms with Crippen LogP contribution in [-0.4, -0.2) is 14.9 Å². The van der Waals surface area contributed by atoms with Crippen LogP contribution in [0, 0.1) is 5.92 Å². The van der Waals surface area contributed by atoms with Crippen LogP contribution in [0.25, 0.3) is 0 Å². The van der Waals surface area contributed by atoms with Gasteiger partial charge in [-0.1, -0.05) is 53.0 Å². The molecule has 1 nitrogen and oxygen atoms in total. The van der Waals surface area contributed by atoms with Gasteiger partial charge in [-0.15, -0.1) is 0 Å². The third-order valence-corrected chi connectivity index (χ3v) is 5.76. The van der Waals surface area contributed by atoms with Crippen molar-refractivity contribution in [3.05, 3.63) is 59.5 Å². The summed E-state index contributed by atoms with van der Waals surface area (Å²) in [5.41, 5.74) is 4.74. The van der Waals surface area contributed by atoms with Gasteiger partial charge in [-0.05, 0) is 49.8 Å². The van der Waals surface area contributed by atoms with Crippen LogP contribution in [0.5, 0.6) is 0 Å².